The summed E-state index contributed by atoms with van der Waals surface area (Å²) < 4.78 is -1.50. The summed E-state index contributed by atoms with van der Waals surface area (Å²) in [6, 6.07) is 22.2. The summed E-state index contributed by atoms with van der Waals surface area (Å²) in [5, 5.41) is 0. The highest BCUT2D eigenvalue weighted by atomic mass is 79.9. The van der Waals surface area contributed by atoms with E-state index in [9.17, 15) is 9.59 Å². The van der Waals surface area contributed by atoms with Crippen molar-refractivity contribution in [3.8, 4) is 0 Å². The van der Waals surface area contributed by atoms with Crippen molar-refractivity contribution in [2.75, 3.05) is 4.90 Å². The Kier molecular flexibility index (Phi) is 3.87. The zero-order valence-electron chi connectivity index (χ0n) is 17.0. The molecule has 0 unspecified atom stereocenters. The van der Waals surface area contributed by atoms with Gasteiger partial charge in [0, 0.05) is 0 Å². The molecule has 2 amide bonds. The highest BCUT2D eigenvalue weighted by Crippen LogP contribution is 2.70. The van der Waals surface area contributed by atoms with E-state index in [4.69, 9.17) is 0 Å². The minimum Gasteiger partial charge on any atom is -0.274 e. The Bertz CT molecular complexity index is 1170. The monoisotopic (exact) mass is 535 g/mol. The molecule has 4 aliphatic rings. The molecule has 3 aromatic rings. The van der Waals surface area contributed by atoms with Crippen LogP contribution in [-0.2, 0) is 18.2 Å². The average molecular weight is 537 g/mol. The molecule has 1 heterocycles. The van der Waals surface area contributed by atoms with E-state index in [0.717, 1.165) is 33.4 Å². The van der Waals surface area contributed by atoms with Gasteiger partial charge in [-0.3, -0.25) is 9.59 Å². The fourth-order valence-corrected chi connectivity index (χ4v) is 8.35. The van der Waals surface area contributed by atoms with Gasteiger partial charge in [0.15, 0.2) is 0 Å². The Hall–Kier alpha value is -2.24. The van der Waals surface area contributed by atoms with Gasteiger partial charge in [0.25, 0.3) is 0 Å². The molecule has 3 aromatic carbocycles. The number of alkyl halides is 2. The number of nitrogens with zero attached hydrogens (tertiary/aromatic N) is 1. The summed E-state index contributed by atoms with van der Waals surface area (Å²) in [5.74, 6) is -1.36. The molecule has 1 saturated heterocycles. The molecule has 5 heteroatoms. The lowest BCUT2D eigenvalue weighted by Gasteiger charge is -2.55. The molecule has 0 aromatic heterocycles. The number of amides is 2. The molecule has 1 aliphatic heterocycles. The maximum atomic E-state index is 14.1. The lowest BCUT2D eigenvalue weighted by Crippen LogP contribution is -2.56. The van der Waals surface area contributed by atoms with Crippen LogP contribution in [0.2, 0.25) is 0 Å². The van der Waals surface area contributed by atoms with E-state index in [1.54, 1.807) is 0 Å². The number of aryl methyl sites for hydroxylation is 2. The summed E-state index contributed by atoms with van der Waals surface area (Å²) in [6.45, 7) is 3.91. The number of carbonyl (C=O) groups is 2. The van der Waals surface area contributed by atoms with Gasteiger partial charge < -0.3 is 0 Å². The largest absolute Gasteiger partial charge is 0.274 e. The zero-order chi connectivity index (χ0) is 21.7. The number of halogens is 2. The predicted molar refractivity (Wildman–Crippen MR) is 128 cm³/mol. The number of benzene rings is 3. The van der Waals surface area contributed by atoms with Crippen molar-refractivity contribution >= 4 is 49.4 Å². The molecule has 3 nitrogen and oxygen atoms in total. The van der Waals surface area contributed by atoms with Crippen molar-refractivity contribution in [2.24, 2.45) is 11.8 Å². The summed E-state index contributed by atoms with van der Waals surface area (Å²) in [5.41, 5.74) is 6.77. The summed E-state index contributed by atoms with van der Waals surface area (Å²) in [7, 11) is 0. The van der Waals surface area contributed by atoms with Gasteiger partial charge in [-0.2, -0.15) is 0 Å². The Morgan fingerprint density at radius 3 is 1.35 bits per heavy atom. The molecule has 2 bridgehead atoms. The fraction of sp³-hybridized carbons (Fsp3) is 0.231. The van der Waals surface area contributed by atoms with Gasteiger partial charge in [-0.15, -0.1) is 0 Å². The standard InChI is InChI=1S/C26H19Br2NO2/c1-14-8-7-9-15(2)22(14)29-23(30)20-21(24(29)31)26(28)17-11-4-3-10-16(17)25(20,27)18-12-5-6-13-19(18)26/h3-13,20-21H,1-2H3/t20-,21-,25?,26?/m0/s1. The third kappa shape index (κ3) is 2.10. The summed E-state index contributed by atoms with van der Waals surface area (Å²) in [4.78, 5) is 29.6. The molecule has 0 saturated carbocycles. The van der Waals surface area contributed by atoms with Crippen LogP contribution in [0, 0.1) is 25.7 Å². The van der Waals surface area contributed by atoms with Crippen LogP contribution < -0.4 is 4.90 Å². The van der Waals surface area contributed by atoms with Crippen LogP contribution in [0.15, 0.2) is 66.7 Å². The van der Waals surface area contributed by atoms with E-state index >= 15 is 0 Å². The number of hydrogen-bond donors (Lipinski definition) is 0. The maximum absolute atomic E-state index is 14.1. The van der Waals surface area contributed by atoms with E-state index in [-0.39, 0.29) is 11.8 Å². The molecule has 0 radical (unpaired) electrons. The third-order valence-corrected chi connectivity index (χ3v) is 9.94. The first kappa shape index (κ1) is 19.4. The lowest BCUT2D eigenvalue weighted by molar-refractivity contribution is -0.122. The number of carbonyl (C=O) groups excluding carboxylic acids is 2. The minimum absolute atomic E-state index is 0.142. The third-order valence-electron chi connectivity index (χ3n) is 7.25. The molecule has 3 aliphatic carbocycles. The fourth-order valence-electron chi connectivity index (χ4n) is 6.05. The van der Waals surface area contributed by atoms with Crippen LogP contribution in [0.4, 0.5) is 5.69 Å². The first-order valence-electron chi connectivity index (χ1n) is 10.3. The van der Waals surface area contributed by atoms with Crippen LogP contribution in [0.5, 0.6) is 0 Å². The van der Waals surface area contributed by atoms with Gasteiger partial charge in [0.2, 0.25) is 11.8 Å². The zero-order valence-corrected chi connectivity index (χ0v) is 20.2. The van der Waals surface area contributed by atoms with Gasteiger partial charge in [-0.1, -0.05) is 98.6 Å². The molecule has 0 N–H and O–H groups in total. The van der Waals surface area contributed by atoms with Crippen molar-refractivity contribution in [3.05, 3.63) is 100 Å². The maximum Gasteiger partial charge on any atom is 0.239 e. The van der Waals surface area contributed by atoms with Gasteiger partial charge in [0.1, 0.15) is 0 Å². The first-order chi connectivity index (χ1) is 14.8. The number of imide groups is 1. The Morgan fingerprint density at radius 2 is 1.00 bits per heavy atom. The Morgan fingerprint density at radius 1 is 0.645 bits per heavy atom. The normalized spacial score (nSPS) is 30.3. The molecule has 31 heavy (non-hydrogen) atoms. The van der Waals surface area contributed by atoms with Crippen molar-refractivity contribution < 1.29 is 9.59 Å². The van der Waals surface area contributed by atoms with Crippen LogP contribution in [0.1, 0.15) is 33.4 Å². The number of rotatable bonds is 1. The van der Waals surface area contributed by atoms with Gasteiger partial charge in [-0.05, 0) is 47.2 Å². The van der Waals surface area contributed by atoms with Crippen LogP contribution in [0.25, 0.3) is 0 Å². The minimum atomic E-state index is -0.752. The number of hydrogen-bond acceptors (Lipinski definition) is 2. The molecule has 7 rings (SSSR count). The predicted octanol–water partition coefficient (Wildman–Crippen LogP) is 5.71. The van der Waals surface area contributed by atoms with Crippen LogP contribution in [-0.4, -0.2) is 11.8 Å². The number of para-hydroxylation sites is 1. The average Bonchev–Trinajstić information content (AvgIpc) is 3.04. The first-order valence-corrected chi connectivity index (χ1v) is 11.9. The SMILES string of the molecule is Cc1cccc(C)c1N1C(=O)[C@@H]2[C@@H](C1=O)C1(Br)c3ccccc3C2(Br)c2ccccc21. The second-order valence-electron chi connectivity index (χ2n) is 8.72. The molecule has 154 valence electrons. The molecular formula is C26H19Br2NO2. The second kappa shape index (κ2) is 6.17. The highest BCUT2D eigenvalue weighted by molar-refractivity contribution is 9.10. The van der Waals surface area contributed by atoms with Crippen molar-refractivity contribution in [2.45, 2.75) is 22.5 Å². The van der Waals surface area contributed by atoms with Crippen molar-refractivity contribution in [1.29, 1.82) is 0 Å². The van der Waals surface area contributed by atoms with E-state index < -0.39 is 20.5 Å². The van der Waals surface area contributed by atoms with E-state index in [0.29, 0.717) is 5.69 Å². The van der Waals surface area contributed by atoms with Crippen LogP contribution >= 0.6 is 31.9 Å². The van der Waals surface area contributed by atoms with Crippen molar-refractivity contribution in [1.82, 2.24) is 0 Å². The summed E-state index contributed by atoms with van der Waals surface area (Å²) in [6.07, 6.45) is 0. The van der Waals surface area contributed by atoms with E-state index in [1.165, 1.54) is 4.90 Å². The van der Waals surface area contributed by atoms with Gasteiger partial charge in [0.05, 0.1) is 26.2 Å². The molecule has 2 atom stereocenters. The smallest absolute Gasteiger partial charge is 0.239 e. The lowest BCUT2D eigenvalue weighted by atomic mass is 9.54. The molecular weight excluding hydrogens is 518 g/mol. The van der Waals surface area contributed by atoms with Crippen molar-refractivity contribution in [3.63, 3.8) is 0 Å². The quantitative estimate of drug-likeness (QED) is 0.295. The molecule has 1 fully saturated rings. The topological polar surface area (TPSA) is 37.4 Å². The van der Waals surface area contributed by atoms with Crippen LogP contribution in [0.3, 0.4) is 0 Å². The van der Waals surface area contributed by atoms with E-state index in [2.05, 4.69) is 56.1 Å². The Labute approximate surface area is 197 Å². The summed E-state index contributed by atoms with van der Waals surface area (Å²) >= 11 is 8.09. The number of anilines is 1. The second-order valence-corrected chi connectivity index (χ2v) is 11.2. The Balaban J connectivity index is 1.68. The molecule has 0 spiro atoms. The highest BCUT2D eigenvalue weighted by Gasteiger charge is 2.72. The van der Waals surface area contributed by atoms with Gasteiger partial charge in [-0.25, -0.2) is 4.90 Å². The van der Waals surface area contributed by atoms with Gasteiger partial charge >= 0.3 is 0 Å². The van der Waals surface area contributed by atoms with E-state index in [1.807, 2.05) is 56.3 Å².